The first-order valence-electron chi connectivity index (χ1n) is 12.3. The largest absolute Gasteiger partial charge is 0.478 e. The van der Waals surface area contributed by atoms with Crippen LogP contribution in [0.3, 0.4) is 0 Å². The van der Waals surface area contributed by atoms with Crippen molar-refractivity contribution < 1.29 is 29.7 Å². The molecule has 4 aromatic carbocycles. The van der Waals surface area contributed by atoms with E-state index in [4.69, 9.17) is 0 Å². The van der Waals surface area contributed by atoms with Gasteiger partial charge in [0.1, 0.15) is 0 Å². The highest BCUT2D eigenvalue weighted by Crippen LogP contribution is 2.47. The third-order valence-electron chi connectivity index (χ3n) is 7.10. The van der Waals surface area contributed by atoms with Crippen LogP contribution in [-0.2, 0) is 5.41 Å². The molecular formula is C33H24O6. The van der Waals surface area contributed by atoms with Crippen molar-refractivity contribution in [3.63, 3.8) is 0 Å². The number of hydrogen-bond donors (Lipinski definition) is 3. The monoisotopic (exact) mass is 516 g/mol. The summed E-state index contributed by atoms with van der Waals surface area (Å²) >= 11 is 0. The second-order valence-electron chi connectivity index (χ2n) is 9.43. The van der Waals surface area contributed by atoms with Gasteiger partial charge in [0.15, 0.2) is 0 Å². The molecule has 0 saturated heterocycles. The zero-order valence-electron chi connectivity index (χ0n) is 20.7. The molecule has 0 aliphatic heterocycles. The van der Waals surface area contributed by atoms with Gasteiger partial charge in [0.2, 0.25) is 0 Å². The van der Waals surface area contributed by atoms with Crippen molar-refractivity contribution in [1.29, 1.82) is 0 Å². The van der Waals surface area contributed by atoms with Gasteiger partial charge in [-0.2, -0.15) is 0 Å². The molecular weight excluding hydrogens is 492 g/mol. The van der Waals surface area contributed by atoms with Crippen LogP contribution in [-0.4, -0.2) is 33.2 Å². The summed E-state index contributed by atoms with van der Waals surface area (Å²) in [7, 11) is 0. The van der Waals surface area contributed by atoms with Crippen LogP contribution in [0.4, 0.5) is 0 Å². The fourth-order valence-electron chi connectivity index (χ4n) is 5.06. The Kier molecular flexibility index (Phi) is 6.69. The second-order valence-corrected chi connectivity index (χ2v) is 9.43. The van der Waals surface area contributed by atoms with Gasteiger partial charge in [-0.3, -0.25) is 0 Å². The lowest BCUT2D eigenvalue weighted by atomic mass is 9.65. The van der Waals surface area contributed by atoms with E-state index in [1.807, 2.05) is 48.5 Å². The molecule has 0 fully saturated rings. The molecule has 0 bridgehead atoms. The van der Waals surface area contributed by atoms with Crippen LogP contribution >= 0.6 is 0 Å². The van der Waals surface area contributed by atoms with Crippen molar-refractivity contribution in [2.45, 2.75) is 11.8 Å². The smallest absolute Gasteiger partial charge is 0.335 e. The third kappa shape index (κ3) is 5.00. The molecule has 0 aromatic heterocycles. The van der Waals surface area contributed by atoms with Crippen molar-refractivity contribution in [3.8, 4) is 0 Å². The highest BCUT2D eigenvalue weighted by molar-refractivity contribution is 5.93. The second kappa shape index (κ2) is 10.3. The van der Waals surface area contributed by atoms with Crippen LogP contribution in [0.25, 0.3) is 11.1 Å². The molecule has 1 atom stereocenters. The van der Waals surface area contributed by atoms with E-state index >= 15 is 0 Å². The summed E-state index contributed by atoms with van der Waals surface area (Å²) in [5.41, 5.74) is 5.26. The fourth-order valence-corrected chi connectivity index (χ4v) is 5.06. The molecule has 0 heterocycles. The van der Waals surface area contributed by atoms with Crippen molar-refractivity contribution >= 4 is 29.1 Å². The van der Waals surface area contributed by atoms with E-state index in [1.165, 1.54) is 0 Å². The lowest BCUT2D eigenvalue weighted by Crippen LogP contribution is -2.28. The van der Waals surface area contributed by atoms with E-state index in [2.05, 4.69) is 6.08 Å². The lowest BCUT2D eigenvalue weighted by molar-refractivity contribution is 0.0686. The Hall–Kier alpha value is -5.23. The first-order chi connectivity index (χ1) is 18.8. The molecule has 3 N–H and O–H groups in total. The summed E-state index contributed by atoms with van der Waals surface area (Å²) in [6.45, 7) is 0. The van der Waals surface area contributed by atoms with E-state index in [9.17, 15) is 29.7 Å². The number of aromatic carboxylic acids is 3. The van der Waals surface area contributed by atoms with Crippen LogP contribution in [0.2, 0.25) is 0 Å². The highest BCUT2D eigenvalue weighted by Gasteiger charge is 2.36. The molecule has 0 saturated carbocycles. The van der Waals surface area contributed by atoms with Crippen molar-refractivity contribution in [2.24, 2.45) is 0 Å². The lowest BCUT2D eigenvalue weighted by Gasteiger charge is -2.37. The van der Waals surface area contributed by atoms with Gasteiger partial charge < -0.3 is 15.3 Å². The molecule has 1 unspecified atom stereocenters. The van der Waals surface area contributed by atoms with Crippen LogP contribution in [0.15, 0.2) is 115 Å². The fraction of sp³-hybridized carbons (Fsp3) is 0.0606. The van der Waals surface area contributed by atoms with Crippen molar-refractivity contribution in [2.75, 3.05) is 0 Å². The molecule has 192 valence electrons. The van der Waals surface area contributed by atoms with Gasteiger partial charge in [0, 0.05) is 5.41 Å². The zero-order chi connectivity index (χ0) is 27.6. The number of carboxylic acids is 3. The average Bonchev–Trinajstić information content (AvgIpc) is 2.97. The Morgan fingerprint density at radius 2 is 0.974 bits per heavy atom. The van der Waals surface area contributed by atoms with Gasteiger partial charge in [0.25, 0.3) is 0 Å². The molecule has 0 spiro atoms. The van der Waals surface area contributed by atoms with Crippen molar-refractivity contribution in [1.82, 2.24) is 0 Å². The van der Waals surface area contributed by atoms with Gasteiger partial charge in [-0.05, 0) is 76.2 Å². The Labute approximate surface area is 224 Å². The van der Waals surface area contributed by atoms with Gasteiger partial charge >= 0.3 is 17.9 Å². The maximum Gasteiger partial charge on any atom is 0.335 e. The molecule has 6 nitrogen and oxygen atoms in total. The summed E-state index contributed by atoms with van der Waals surface area (Å²) in [6, 6.07) is 30.1. The quantitative estimate of drug-likeness (QED) is 0.254. The SMILES string of the molecule is O=C(O)c1ccc(C2=CC(c3ccccc3)(c3ccc(C(=O)O)cc3)CC(c3ccc(C(=O)O)cc3)=C2)cc1. The van der Waals surface area contributed by atoms with E-state index in [0.29, 0.717) is 6.42 Å². The predicted octanol–water partition coefficient (Wildman–Crippen LogP) is 6.64. The average molecular weight is 517 g/mol. The zero-order valence-corrected chi connectivity index (χ0v) is 20.7. The number of benzene rings is 4. The Bertz CT molecular complexity index is 1610. The molecule has 39 heavy (non-hydrogen) atoms. The van der Waals surface area contributed by atoms with Gasteiger partial charge in [-0.25, -0.2) is 14.4 Å². The van der Waals surface area contributed by atoms with Crippen molar-refractivity contribution in [3.05, 3.63) is 154 Å². The molecule has 0 radical (unpaired) electrons. The van der Waals surface area contributed by atoms with Crippen LogP contribution in [0, 0.1) is 0 Å². The van der Waals surface area contributed by atoms with E-state index < -0.39 is 23.3 Å². The van der Waals surface area contributed by atoms with Crippen LogP contribution in [0.1, 0.15) is 59.7 Å². The van der Waals surface area contributed by atoms with Crippen LogP contribution < -0.4 is 0 Å². The molecule has 0 amide bonds. The summed E-state index contributed by atoms with van der Waals surface area (Å²) < 4.78 is 0. The molecule has 5 rings (SSSR count). The maximum atomic E-state index is 11.6. The number of hydrogen-bond acceptors (Lipinski definition) is 3. The summed E-state index contributed by atoms with van der Waals surface area (Å²) in [5.74, 6) is -3.02. The minimum Gasteiger partial charge on any atom is -0.478 e. The van der Waals surface area contributed by atoms with Gasteiger partial charge in [-0.1, -0.05) is 78.9 Å². The first-order valence-corrected chi connectivity index (χ1v) is 12.3. The Morgan fingerprint density at radius 1 is 0.538 bits per heavy atom. The van der Waals surface area contributed by atoms with E-state index in [0.717, 1.165) is 33.4 Å². The number of carbonyl (C=O) groups is 3. The Balaban J connectivity index is 1.73. The maximum absolute atomic E-state index is 11.6. The Morgan fingerprint density at radius 3 is 1.46 bits per heavy atom. The summed E-state index contributed by atoms with van der Waals surface area (Å²) in [4.78, 5) is 34.4. The normalized spacial score (nSPS) is 16.6. The van der Waals surface area contributed by atoms with E-state index in [-0.39, 0.29) is 16.7 Å². The number of allylic oxidation sites excluding steroid dienone is 4. The first kappa shape index (κ1) is 25.4. The van der Waals surface area contributed by atoms with Gasteiger partial charge in [0.05, 0.1) is 16.7 Å². The molecule has 4 aromatic rings. The van der Waals surface area contributed by atoms with Gasteiger partial charge in [-0.15, -0.1) is 0 Å². The predicted molar refractivity (Wildman–Crippen MR) is 148 cm³/mol. The number of carboxylic acid groups (broad SMARTS) is 3. The minimum absolute atomic E-state index is 0.183. The number of rotatable bonds is 7. The summed E-state index contributed by atoms with van der Waals surface area (Å²) in [6.07, 6.45) is 4.72. The highest BCUT2D eigenvalue weighted by atomic mass is 16.4. The molecule has 6 heteroatoms. The van der Waals surface area contributed by atoms with E-state index in [1.54, 1.807) is 60.7 Å². The topological polar surface area (TPSA) is 112 Å². The standard InChI is InChI=1S/C33H24O6/c34-30(35)23-10-6-21(7-11-23)26-18-27(22-8-12-24(13-9-22)31(36)37)20-33(19-26,28-4-2-1-3-5-28)29-16-14-25(15-17-29)32(38)39/h1-19H,20H2,(H,34,35)(H,36,37)(H,38,39). The molecule has 1 aliphatic carbocycles. The van der Waals surface area contributed by atoms with Crippen LogP contribution in [0.5, 0.6) is 0 Å². The molecule has 1 aliphatic rings. The minimum atomic E-state index is -1.01. The third-order valence-corrected chi connectivity index (χ3v) is 7.10. The summed E-state index contributed by atoms with van der Waals surface area (Å²) in [5, 5.41) is 28.2.